The van der Waals surface area contributed by atoms with Gasteiger partial charge in [0.25, 0.3) is 5.91 Å². The van der Waals surface area contributed by atoms with Crippen molar-refractivity contribution in [3.8, 4) is 5.75 Å². The zero-order valence-corrected chi connectivity index (χ0v) is 16.3. The lowest BCUT2D eigenvalue weighted by Gasteiger charge is -2.37. The van der Waals surface area contributed by atoms with E-state index in [4.69, 9.17) is 4.74 Å². The lowest BCUT2D eigenvalue weighted by Crippen LogP contribution is -2.51. The molecule has 1 aromatic heterocycles. The van der Waals surface area contributed by atoms with Crippen LogP contribution in [0.1, 0.15) is 39.2 Å². The van der Waals surface area contributed by atoms with Crippen LogP contribution in [0.3, 0.4) is 0 Å². The largest absolute Gasteiger partial charge is 0.489 e. The standard InChI is InChI=1S/C21H26N2O2S/c1-15-5-3-7-19(16(15)2)25-13-17-11-20(26-14-17)21(24)23-10-9-22-8-4-6-18(22)12-23/h3,5,7,11,14,18H,4,6,8-10,12-13H2,1-2H3. The molecule has 1 atom stereocenters. The highest BCUT2D eigenvalue weighted by Gasteiger charge is 2.33. The highest BCUT2D eigenvalue weighted by molar-refractivity contribution is 7.12. The molecule has 26 heavy (non-hydrogen) atoms. The van der Waals surface area contributed by atoms with Crippen LogP contribution in [0.25, 0.3) is 0 Å². The van der Waals surface area contributed by atoms with Gasteiger partial charge in [-0.3, -0.25) is 9.69 Å². The van der Waals surface area contributed by atoms with Crippen molar-refractivity contribution in [3.63, 3.8) is 0 Å². The number of rotatable bonds is 4. The maximum absolute atomic E-state index is 12.9. The second-order valence-electron chi connectivity index (χ2n) is 7.39. The topological polar surface area (TPSA) is 32.8 Å². The molecule has 138 valence electrons. The third kappa shape index (κ3) is 3.51. The summed E-state index contributed by atoms with van der Waals surface area (Å²) in [6.45, 7) is 8.62. The van der Waals surface area contributed by atoms with Gasteiger partial charge in [0.05, 0.1) is 4.88 Å². The van der Waals surface area contributed by atoms with E-state index in [1.165, 1.54) is 41.9 Å². The molecule has 0 spiro atoms. The molecule has 2 fully saturated rings. The van der Waals surface area contributed by atoms with Crippen LogP contribution >= 0.6 is 11.3 Å². The second-order valence-corrected chi connectivity index (χ2v) is 8.30. The first-order valence-electron chi connectivity index (χ1n) is 9.41. The summed E-state index contributed by atoms with van der Waals surface area (Å²) in [5, 5.41) is 2.05. The third-order valence-electron chi connectivity index (χ3n) is 5.69. The van der Waals surface area contributed by atoms with Crippen molar-refractivity contribution in [1.82, 2.24) is 9.80 Å². The Morgan fingerprint density at radius 1 is 1.27 bits per heavy atom. The summed E-state index contributed by atoms with van der Waals surface area (Å²) in [5.41, 5.74) is 3.47. The summed E-state index contributed by atoms with van der Waals surface area (Å²) in [6, 6.07) is 8.68. The Hall–Kier alpha value is -1.85. The smallest absolute Gasteiger partial charge is 0.264 e. The van der Waals surface area contributed by atoms with Crippen molar-refractivity contribution in [3.05, 3.63) is 51.2 Å². The predicted octanol–water partition coefficient (Wildman–Crippen LogP) is 3.86. The second kappa shape index (κ2) is 7.41. The molecule has 2 aliphatic heterocycles. The first-order chi connectivity index (χ1) is 12.6. The van der Waals surface area contributed by atoms with Gasteiger partial charge < -0.3 is 9.64 Å². The van der Waals surface area contributed by atoms with Gasteiger partial charge in [-0.15, -0.1) is 11.3 Å². The van der Waals surface area contributed by atoms with Gasteiger partial charge in [-0.2, -0.15) is 0 Å². The number of amides is 1. The molecule has 1 unspecified atom stereocenters. The van der Waals surface area contributed by atoms with E-state index in [2.05, 4.69) is 24.8 Å². The summed E-state index contributed by atoms with van der Waals surface area (Å²) in [5.74, 6) is 1.10. The quantitative estimate of drug-likeness (QED) is 0.819. The number of aryl methyl sites for hydroxylation is 1. The van der Waals surface area contributed by atoms with Crippen molar-refractivity contribution < 1.29 is 9.53 Å². The molecule has 2 aliphatic rings. The average molecular weight is 371 g/mol. The lowest BCUT2D eigenvalue weighted by atomic mass is 10.1. The molecule has 4 nitrogen and oxygen atoms in total. The predicted molar refractivity (Wildman–Crippen MR) is 105 cm³/mol. The van der Waals surface area contributed by atoms with Crippen LogP contribution in [0.4, 0.5) is 0 Å². The maximum atomic E-state index is 12.9. The molecule has 0 aliphatic carbocycles. The van der Waals surface area contributed by atoms with Crippen molar-refractivity contribution in [2.75, 3.05) is 26.2 Å². The number of piperazine rings is 1. The van der Waals surface area contributed by atoms with Crippen LogP contribution in [-0.4, -0.2) is 47.9 Å². The first-order valence-corrected chi connectivity index (χ1v) is 10.3. The van der Waals surface area contributed by atoms with Crippen LogP contribution in [-0.2, 0) is 6.61 Å². The number of thiophene rings is 1. The molecule has 0 radical (unpaired) electrons. The van der Waals surface area contributed by atoms with Crippen LogP contribution < -0.4 is 4.74 Å². The van der Waals surface area contributed by atoms with Crippen molar-refractivity contribution in [2.24, 2.45) is 0 Å². The molecule has 5 heteroatoms. The van der Waals surface area contributed by atoms with Crippen molar-refractivity contribution in [1.29, 1.82) is 0 Å². The monoisotopic (exact) mass is 370 g/mol. The van der Waals surface area contributed by atoms with Gasteiger partial charge >= 0.3 is 0 Å². The van der Waals surface area contributed by atoms with Gasteiger partial charge in [-0.1, -0.05) is 12.1 Å². The van der Waals surface area contributed by atoms with E-state index in [-0.39, 0.29) is 5.91 Å². The SMILES string of the molecule is Cc1cccc(OCc2csc(C(=O)N3CCN4CCCC4C3)c2)c1C. The number of hydrogen-bond acceptors (Lipinski definition) is 4. The Morgan fingerprint density at radius 3 is 3.04 bits per heavy atom. The fraction of sp³-hybridized carbons (Fsp3) is 0.476. The fourth-order valence-electron chi connectivity index (χ4n) is 3.94. The normalized spacial score (nSPS) is 20.2. The van der Waals surface area contributed by atoms with Crippen LogP contribution in [0.5, 0.6) is 5.75 Å². The highest BCUT2D eigenvalue weighted by Crippen LogP contribution is 2.26. The molecule has 0 saturated carbocycles. The van der Waals surface area contributed by atoms with Gasteiger partial charge in [0.15, 0.2) is 0 Å². The number of carbonyl (C=O) groups is 1. The third-order valence-corrected chi connectivity index (χ3v) is 6.66. The summed E-state index contributed by atoms with van der Waals surface area (Å²) < 4.78 is 5.97. The van der Waals surface area contributed by atoms with E-state index in [0.717, 1.165) is 35.8 Å². The van der Waals surface area contributed by atoms with E-state index in [9.17, 15) is 4.79 Å². The Labute approximate surface area is 159 Å². The minimum absolute atomic E-state index is 0.180. The molecule has 0 bridgehead atoms. The Bertz CT molecular complexity index is 801. The molecule has 2 aromatic rings. The number of hydrogen-bond donors (Lipinski definition) is 0. The minimum Gasteiger partial charge on any atom is -0.489 e. The Morgan fingerprint density at radius 2 is 2.15 bits per heavy atom. The average Bonchev–Trinajstić information content (AvgIpc) is 3.30. The van der Waals surface area contributed by atoms with Gasteiger partial charge in [0.1, 0.15) is 12.4 Å². The van der Waals surface area contributed by atoms with Crippen molar-refractivity contribution in [2.45, 2.75) is 39.3 Å². The van der Waals surface area contributed by atoms with Gasteiger partial charge in [-0.05, 0) is 61.9 Å². The first kappa shape index (κ1) is 17.6. The number of benzene rings is 1. The fourth-order valence-corrected chi connectivity index (χ4v) is 4.80. The van der Waals surface area contributed by atoms with Gasteiger partial charge in [0, 0.05) is 31.2 Å². The van der Waals surface area contributed by atoms with Gasteiger partial charge in [-0.25, -0.2) is 0 Å². The summed E-state index contributed by atoms with van der Waals surface area (Å²) in [7, 11) is 0. The van der Waals surface area contributed by atoms with E-state index in [1.54, 1.807) is 0 Å². The van der Waals surface area contributed by atoms with Gasteiger partial charge in [0.2, 0.25) is 0 Å². The number of carbonyl (C=O) groups excluding carboxylic acids is 1. The Kier molecular flexibility index (Phi) is 5.00. The van der Waals surface area contributed by atoms with Crippen LogP contribution in [0, 0.1) is 13.8 Å². The van der Waals surface area contributed by atoms with Crippen LogP contribution in [0.2, 0.25) is 0 Å². The number of nitrogens with zero attached hydrogens (tertiary/aromatic N) is 2. The zero-order valence-electron chi connectivity index (χ0n) is 15.5. The van der Waals surface area contributed by atoms with Crippen LogP contribution in [0.15, 0.2) is 29.6 Å². The molecule has 2 saturated heterocycles. The minimum atomic E-state index is 0.180. The highest BCUT2D eigenvalue weighted by atomic mass is 32.1. The maximum Gasteiger partial charge on any atom is 0.264 e. The van der Waals surface area contributed by atoms with E-state index < -0.39 is 0 Å². The molecule has 1 aromatic carbocycles. The summed E-state index contributed by atoms with van der Waals surface area (Å²) in [6.07, 6.45) is 2.49. The molecule has 4 rings (SSSR count). The number of fused-ring (bicyclic) bond motifs is 1. The molecular weight excluding hydrogens is 344 g/mol. The van der Waals surface area contributed by atoms with Crippen molar-refractivity contribution >= 4 is 17.2 Å². The lowest BCUT2D eigenvalue weighted by molar-refractivity contribution is 0.0576. The molecule has 3 heterocycles. The van der Waals surface area contributed by atoms with E-state index >= 15 is 0 Å². The molecule has 1 amide bonds. The summed E-state index contributed by atoms with van der Waals surface area (Å²) >= 11 is 1.53. The number of ether oxygens (including phenoxy) is 1. The van der Waals surface area contributed by atoms with E-state index in [0.29, 0.717) is 12.6 Å². The van der Waals surface area contributed by atoms with E-state index in [1.807, 2.05) is 28.5 Å². The zero-order chi connectivity index (χ0) is 18.1. The Balaban J connectivity index is 1.38. The molecule has 0 N–H and O–H groups in total. The summed E-state index contributed by atoms with van der Waals surface area (Å²) in [4.78, 5) is 18.2. The molecular formula is C21H26N2O2S.